The molecule has 0 aliphatic carbocycles. The Bertz CT molecular complexity index is 1410. The fourth-order valence-corrected chi connectivity index (χ4v) is 4.33. The molecule has 1 aliphatic heterocycles. The maximum Gasteiger partial charge on any atom is 0.254 e. The molecule has 5 rings (SSSR count). The van der Waals surface area contributed by atoms with Gasteiger partial charge in [-0.05, 0) is 55.7 Å². The number of hydrogen-bond donors (Lipinski definition) is 2. The van der Waals surface area contributed by atoms with Crippen LogP contribution in [0.15, 0.2) is 42.7 Å². The summed E-state index contributed by atoms with van der Waals surface area (Å²) in [7, 11) is 0. The van der Waals surface area contributed by atoms with Crippen molar-refractivity contribution in [2.24, 2.45) is 0 Å². The Morgan fingerprint density at radius 2 is 2.12 bits per heavy atom. The van der Waals surface area contributed by atoms with E-state index in [9.17, 15) is 18.8 Å². The van der Waals surface area contributed by atoms with E-state index in [1.54, 1.807) is 18.5 Å². The molecule has 0 bridgehead atoms. The highest BCUT2D eigenvalue weighted by molar-refractivity contribution is 5.97. The van der Waals surface area contributed by atoms with Gasteiger partial charge < -0.3 is 15.2 Å². The van der Waals surface area contributed by atoms with Gasteiger partial charge in [-0.15, -0.1) is 0 Å². The van der Waals surface area contributed by atoms with Gasteiger partial charge in [-0.1, -0.05) is 0 Å². The molecular formula is C24H20F2N6O. The summed E-state index contributed by atoms with van der Waals surface area (Å²) < 4.78 is 27.9. The molecule has 33 heavy (non-hydrogen) atoms. The number of H-pyrrole nitrogens is 1. The third-order valence-corrected chi connectivity index (χ3v) is 6.06. The second kappa shape index (κ2) is 8.47. The van der Waals surface area contributed by atoms with E-state index in [4.69, 9.17) is 0 Å². The Hall–Kier alpha value is -4.06. The minimum Gasteiger partial charge on any atom is -0.367 e. The van der Waals surface area contributed by atoms with Crippen LogP contribution < -0.4 is 5.32 Å². The first-order chi connectivity index (χ1) is 16.0. The molecule has 4 aromatic rings. The second-order valence-corrected chi connectivity index (χ2v) is 8.09. The van der Waals surface area contributed by atoms with E-state index in [1.165, 1.54) is 12.1 Å². The number of carbonyl (C=O) groups excluding carboxylic acids is 1. The summed E-state index contributed by atoms with van der Waals surface area (Å²) in [5.41, 5.74) is 2.24. The van der Waals surface area contributed by atoms with Crippen molar-refractivity contribution >= 4 is 33.7 Å². The lowest BCUT2D eigenvalue weighted by Gasteiger charge is -2.36. The Morgan fingerprint density at radius 1 is 1.24 bits per heavy atom. The van der Waals surface area contributed by atoms with E-state index >= 15 is 0 Å². The highest BCUT2D eigenvalue weighted by Gasteiger charge is 2.28. The van der Waals surface area contributed by atoms with Crippen LogP contribution in [0.2, 0.25) is 0 Å². The fraction of sp³-hybridized carbons (Fsp3) is 0.250. The number of hydrogen-bond acceptors (Lipinski definition) is 5. The van der Waals surface area contributed by atoms with Crippen LogP contribution in [0.5, 0.6) is 0 Å². The van der Waals surface area contributed by atoms with Crippen LogP contribution in [0.25, 0.3) is 21.9 Å². The molecule has 9 heteroatoms. The van der Waals surface area contributed by atoms with Crippen molar-refractivity contribution in [2.45, 2.75) is 25.3 Å². The smallest absolute Gasteiger partial charge is 0.254 e. The van der Waals surface area contributed by atoms with Gasteiger partial charge in [0.05, 0.1) is 22.9 Å². The average Bonchev–Trinajstić information content (AvgIpc) is 3.32. The zero-order valence-electron chi connectivity index (χ0n) is 17.6. The van der Waals surface area contributed by atoms with Gasteiger partial charge in [0.1, 0.15) is 17.4 Å². The maximum atomic E-state index is 14.2. The summed E-state index contributed by atoms with van der Waals surface area (Å²) >= 11 is 0. The Labute approximate surface area is 188 Å². The summed E-state index contributed by atoms with van der Waals surface area (Å²) in [5.74, 6) is -1.96. The number of rotatable bonds is 4. The molecular weight excluding hydrogens is 426 g/mol. The molecule has 7 nitrogen and oxygen atoms in total. The highest BCUT2D eigenvalue weighted by Crippen LogP contribution is 2.26. The Morgan fingerprint density at radius 3 is 2.97 bits per heavy atom. The molecule has 1 amide bonds. The fourth-order valence-electron chi connectivity index (χ4n) is 4.33. The van der Waals surface area contributed by atoms with Crippen LogP contribution in [0.3, 0.4) is 0 Å². The summed E-state index contributed by atoms with van der Waals surface area (Å²) in [6.45, 7) is 0.949. The first-order valence-electron chi connectivity index (χ1n) is 10.7. The summed E-state index contributed by atoms with van der Waals surface area (Å²) in [4.78, 5) is 26.5. The van der Waals surface area contributed by atoms with Crippen molar-refractivity contribution in [3.63, 3.8) is 0 Å². The van der Waals surface area contributed by atoms with Crippen molar-refractivity contribution in [1.82, 2.24) is 19.9 Å². The minimum absolute atomic E-state index is 0.0851. The quantitative estimate of drug-likeness (QED) is 0.485. The molecule has 1 fully saturated rings. The molecule has 0 radical (unpaired) electrons. The molecule has 3 heterocycles. The summed E-state index contributed by atoms with van der Waals surface area (Å²) in [6, 6.07) is 11.2. The van der Waals surface area contributed by atoms with Crippen LogP contribution in [0, 0.1) is 23.0 Å². The Kier molecular flexibility index (Phi) is 5.34. The first-order valence-corrected chi connectivity index (χ1v) is 10.7. The van der Waals surface area contributed by atoms with Gasteiger partial charge in [-0.2, -0.15) is 5.26 Å². The number of piperidine rings is 1. The molecule has 1 aliphatic rings. The van der Waals surface area contributed by atoms with Gasteiger partial charge >= 0.3 is 0 Å². The number of imidazole rings is 1. The lowest BCUT2D eigenvalue weighted by Crippen LogP contribution is -2.47. The van der Waals surface area contributed by atoms with E-state index in [0.29, 0.717) is 24.0 Å². The summed E-state index contributed by atoms with van der Waals surface area (Å²) in [5, 5.41) is 13.0. The number of benzene rings is 2. The maximum absolute atomic E-state index is 14.2. The van der Waals surface area contributed by atoms with E-state index in [1.807, 2.05) is 11.0 Å². The van der Waals surface area contributed by atoms with Gasteiger partial charge in [0.15, 0.2) is 11.6 Å². The SMILES string of the molecule is N#Cc1cc2ccc(F)c(F)c2nc1NC[C@@H]1CCCCN1C(=O)c1ccc2nc[nH]c2c1. The molecule has 2 aromatic carbocycles. The largest absolute Gasteiger partial charge is 0.367 e. The van der Waals surface area contributed by atoms with Gasteiger partial charge in [-0.25, -0.2) is 18.7 Å². The molecule has 0 spiro atoms. The van der Waals surface area contributed by atoms with Gasteiger partial charge in [0.25, 0.3) is 5.91 Å². The number of halogens is 2. The van der Waals surface area contributed by atoms with Crippen molar-refractivity contribution in [1.29, 1.82) is 5.26 Å². The van der Waals surface area contributed by atoms with E-state index < -0.39 is 11.6 Å². The lowest BCUT2D eigenvalue weighted by molar-refractivity contribution is 0.0628. The van der Waals surface area contributed by atoms with Crippen LogP contribution >= 0.6 is 0 Å². The van der Waals surface area contributed by atoms with Gasteiger partial charge in [0.2, 0.25) is 0 Å². The zero-order valence-corrected chi connectivity index (χ0v) is 17.6. The Balaban J connectivity index is 1.39. The molecule has 2 aromatic heterocycles. The number of likely N-dealkylation sites (tertiary alicyclic amines) is 1. The topological polar surface area (TPSA) is 97.7 Å². The zero-order chi connectivity index (χ0) is 22.9. The lowest BCUT2D eigenvalue weighted by atomic mass is 10.0. The van der Waals surface area contributed by atoms with Crippen LogP contribution in [0.4, 0.5) is 14.6 Å². The van der Waals surface area contributed by atoms with Crippen LogP contribution in [0.1, 0.15) is 35.2 Å². The number of anilines is 1. The predicted molar refractivity (Wildman–Crippen MR) is 120 cm³/mol. The second-order valence-electron chi connectivity index (χ2n) is 8.09. The first kappa shape index (κ1) is 20.8. The molecule has 0 saturated carbocycles. The molecule has 166 valence electrons. The highest BCUT2D eigenvalue weighted by atomic mass is 19.2. The number of pyridine rings is 1. The third kappa shape index (κ3) is 3.84. The number of nitriles is 1. The minimum atomic E-state index is -1.05. The van der Waals surface area contributed by atoms with Gasteiger partial charge in [-0.3, -0.25) is 4.79 Å². The van der Waals surface area contributed by atoms with E-state index in [0.717, 1.165) is 36.4 Å². The molecule has 1 atom stereocenters. The van der Waals surface area contributed by atoms with Crippen molar-refractivity contribution in [3.05, 3.63) is 65.5 Å². The average molecular weight is 446 g/mol. The van der Waals surface area contributed by atoms with E-state index in [2.05, 4.69) is 26.3 Å². The number of amides is 1. The number of aromatic nitrogens is 3. The molecule has 1 saturated heterocycles. The van der Waals surface area contributed by atoms with E-state index in [-0.39, 0.29) is 28.8 Å². The van der Waals surface area contributed by atoms with Crippen molar-refractivity contribution < 1.29 is 13.6 Å². The number of fused-ring (bicyclic) bond motifs is 2. The number of nitrogens with zero attached hydrogens (tertiary/aromatic N) is 4. The van der Waals surface area contributed by atoms with Crippen molar-refractivity contribution in [2.75, 3.05) is 18.4 Å². The normalized spacial score (nSPS) is 16.2. The van der Waals surface area contributed by atoms with Crippen molar-refractivity contribution in [3.8, 4) is 6.07 Å². The molecule has 2 N–H and O–H groups in total. The standard InChI is InChI=1S/C24H20F2N6O/c25-18-6-4-14-9-16(11-27)23(31-22(14)21(18)26)28-12-17-3-1-2-8-32(17)24(33)15-5-7-19-20(10-15)30-13-29-19/h4-7,9-10,13,17H,1-3,8,12H2,(H,28,31)(H,29,30)/t17-/m0/s1. The monoisotopic (exact) mass is 446 g/mol. The predicted octanol–water partition coefficient (Wildman–Crippen LogP) is 4.37. The number of nitrogens with one attached hydrogen (secondary N) is 2. The van der Waals surface area contributed by atoms with Crippen LogP contribution in [-0.4, -0.2) is 44.9 Å². The third-order valence-electron chi connectivity index (χ3n) is 6.06. The number of aromatic amines is 1. The van der Waals surface area contributed by atoms with Crippen LogP contribution in [-0.2, 0) is 0 Å². The summed E-state index contributed by atoms with van der Waals surface area (Å²) in [6.07, 6.45) is 4.23. The number of carbonyl (C=O) groups is 1. The molecule has 0 unspecified atom stereocenters. The van der Waals surface area contributed by atoms with Gasteiger partial charge in [0, 0.05) is 30.1 Å².